The molecule has 0 aliphatic heterocycles. The summed E-state index contributed by atoms with van der Waals surface area (Å²) >= 11 is 0. The predicted octanol–water partition coefficient (Wildman–Crippen LogP) is 2.73. The molecule has 1 amide bonds. The summed E-state index contributed by atoms with van der Waals surface area (Å²) in [7, 11) is -3.61. The molecule has 122 valence electrons. The molecular weight excluding hydrogens is 333 g/mol. The average molecular weight is 344 g/mol. The fourth-order valence-corrected chi connectivity index (χ4v) is 2.35. The summed E-state index contributed by atoms with van der Waals surface area (Å²) < 4.78 is 64.4. The number of amides is 1. The van der Waals surface area contributed by atoms with Gasteiger partial charge in [0.2, 0.25) is 10.0 Å². The van der Waals surface area contributed by atoms with Gasteiger partial charge in [0.25, 0.3) is 5.91 Å². The van der Waals surface area contributed by atoms with Crippen LogP contribution in [0.1, 0.15) is 10.4 Å². The molecule has 2 rings (SSSR count). The second-order valence-electron chi connectivity index (χ2n) is 4.60. The SMILES string of the molecule is CS(=O)(=O)Nc1ccccc1NC(=O)c1ccc(F)c(F)c1F. The lowest BCUT2D eigenvalue weighted by atomic mass is 10.1. The molecule has 2 aromatic carbocycles. The zero-order chi connectivity index (χ0) is 17.2. The number of rotatable bonds is 4. The lowest BCUT2D eigenvalue weighted by molar-refractivity contribution is 0.102. The molecule has 0 fully saturated rings. The van der Waals surface area contributed by atoms with E-state index in [-0.39, 0.29) is 11.4 Å². The summed E-state index contributed by atoms with van der Waals surface area (Å²) in [6.45, 7) is 0. The number of sulfonamides is 1. The lowest BCUT2D eigenvalue weighted by Crippen LogP contribution is -2.17. The van der Waals surface area contributed by atoms with Gasteiger partial charge in [-0.2, -0.15) is 0 Å². The molecular formula is C14H11F3N2O3S. The monoisotopic (exact) mass is 344 g/mol. The minimum absolute atomic E-state index is 0.0343. The normalized spacial score (nSPS) is 11.1. The summed E-state index contributed by atoms with van der Waals surface area (Å²) in [5.74, 6) is -5.86. The summed E-state index contributed by atoms with van der Waals surface area (Å²) in [5, 5.41) is 2.24. The number of carbonyl (C=O) groups excluding carboxylic acids is 1. The third-order valence-electron chi connectivity index (χ3n) is 2.75. The Balaban J connectivity index is 2.33. The fourth-order valence-electron chi connectivity index (χ4n) is 1.77. The molecule has 0 aliphatic rings. The van der Waals surface area contributed by atoms with E-state index in [2.05, 4.69) is 10.0 Å². The van der Waals surface area contributed by atoms with Gasteiger partial charge in [-0.15, -0.1) is 0 Å². The van der Waals surface area contributed by atoms with Gasteiger partial charge in [0.1, 0.15) is 0 Å². The number of anilines is 2. The Bertz CT molecular complexity index is 870. The minimum atomic E-state index is -3.61. The molecule has 0 unspecified atom stereocenters. The number of para-hydroxylation sites is 2. The molecule has 5 nitrogen and oxygen atoms in total. The van der Waals surface area contributed by atoms with Crippen LogP contribution in [0, 0.1) is 17.5 Å². The highest BCUT2D eigenvalue weighted by molar-refractivity contribution is 7.92. The second kappa shape index (κ2) is 6.29. The zero-order valence-electron chi connectivity index (χ0n) is 11.7. The van der Waals surface area contributed by atoms with Crippen molar-refractivity contribution in [1.29, 1.82) is 0 Å². The van der Waals surface area contributed by atoms with Crippen LogP contribution in [0.25, 0.3) is 0 Å². The van der Waals surface area contributed by atoms with Crippen molar-refractivity contribution in [3.8, 4) is 0 Å². The summed E-state index contributed by atoms with van der Waals surface area (Å²) in [5.41, 5.74) is -0.628. The van der Waals surface area contributed by atoms with E-state index in [9.17, 15) is 26.4 Å². The summed E-state index contributed by atoms with van der Waals surface area (Å²) in [6, 6.07) is 7.16. The molecule has 0 bridgehead atoms. The van der Waals surface area contributed by atoms with Crippen LogP contribution in [0.2, 0.25) is 0 Å². The van der Waals surface area contributed by atoms with Gasteiger partial charge in [-0.25, -0.2) is 21.6 Å². The third kappa shape index (κ3) is 4.01. The molecule has 0 saturated heterocycles. The van der Waals surface area contributed by atoms with E-state index in [1.165, 1.54) is 24.3 Å². The van der Waals surface area contributed by atoms with E-state index in [0.29, 0.717) is 6.07 Å². The van der Waals surface area contributed by atoms with E-state index >= 15 is 0 Å². The van der Waals surface area contributed by atoms with Gasteiger partial charge in [0.15, 0.2) is 17.5 Å². The van der Waals surface area contributed by atoms with Crippen LogP contribution in [0.5, 0.6) is 0 Å². The highest BCUT2D eigenvalue weighted by Gasteiger charge is 2.19. The lowest BCUT2D eigenvalue weighted by Gasteiger charge is -2.12. The molecule has 0 aliphatic carbocycles. The van der Waals surface area contributed by atoms with Crippen LogP contribution in [0.3, 0.4) is 0 Å². The van der Waals surface area contributed by atoms with Crippen molar-refractivity contribution in [1.82, 2.24) is 0 Å². The van der Waals surface area contributed by atoms with Gasteiger partial charge in [-0.05, 0) is 24.3 Å². The first-order chi connectivity index (χ1) is 10.7. The number of hydrogen-bond donors (Lipinski definition) is 2. The highest BCUT2D eigenvalue weighted by atomic mass is 32.2. The number of benzene rings is 2. The van der Waals surface area contributed by atoms with Crippen LogP contribution in [-0.2, 0) is 10.0 Å². The quantitative estimate of drug-likeness (QED) is 0.838. The number of nitrogens with one attached hydrogen (secondary N) is 2. The van der Waals surface area contributed by atoms with E-state index in [0.717, 1.165) is 12.3 Å². The smallest absolute Gasteiger partial charge is 0.258 e. The first-order valence-electron chi connectivity index (χ1n) is 6.20. The largest absolute Gasteiger partial charge is 0.320 e. The Morgan fingerprint density at radius 2 is 1.57 bits per heavy atom. The Hall–Kier alpha value is -2.55. The number of hydrogen-bond acceptors (Lipinski definition) is 3. The van der Waals surface area contributed by atoms with Crippen molar-refractivity contribution in [2.75, 3.05) is 16.3 Å². The molecule has 0 saturated carbocycles. The average Bonchev–Trinajstić information content (AvgIpc) is 2.45. The van der Waals surface area contributed by atoms with Crippen molar-refractivity contribution in [3.63, 3.8) is 0 Å². The van der Waals surface area contributed by atoms with E-state index in [1.54, 1.807) is 0 Å². The van der Waals surface area contributed by atoms with Crippen LogP contribution in [-0.4, -0.2) is 20.6 Å². The number of halogens is 3. The predicted molar refractivity (Wildman–Crippen MR) is 79.2 cm³/mol. The molecule has 0 radical (unpaired) electrons. The Kier molecular flexibility index (Phi) is 4.60. The standard InChI is InChI=1S/C14H11F3N2O3S/c1-23(21,22)19-11-5-3-2-4-10(11)18-14(20)8-6-7-9(15)13(17)12(8)16/h2-7,19H,1H3,(H,18,20). The van der Waals surface area contributed by atoms with Gasteiger partial charge in [-0.1, -0.05) is 12.1 Å². The Morgan fingerprint density at radius 1 is 0.957 bits per heavy atom. The van der Waals surface area contributed by atoms with Crippen LogP contribution >= 0.6 is 0 Å². The molecule has 2 N–H and O–H groups in total. The third-order valence-corrected chi connectivity index (χ3v) is 3.34. The van der Waals surface area contributed by atoms with Crippen LogP contribution in [0.15, 0.2) is 36.4 Å². The van der Waals surface area contributed by atoms with Gasteiger partial charge in [0.05, 0.1) is 23.2 Å². The maximum Gasteiger partial charge on any atom is 0.258 e. The topological polar surface area (TPSA) is 75.3 Å². The maximum absolute atomic E-state index is 13.6. The zero-order valence-corrected chi connectivity index (χ0v) is 12.5. The van der Waals surface area contributed by atoms with E-state index in [4.69, 9.17) is 0 Å². The van der Waals surface area contributed by atoms with Gasteiger partial charge < -0.3 is 5.32 Å². The first-order valence-corrected chi connectivity index (χ1v) is 8.10. The van der Waals surface area contributed by atoms with Crippen LogP contribution < -0.4 is 10.0 Å². The molecule has 0 aromatic heterocycles. The van der Waals surface area contributed by atoms with E-state index in [1.807, 2.05) is 0 Å². The maximum atomic E-state index is 13.6. The van der Waals surface area contributed by atoms with Crippen LogP contribution in [0.4, 0.5) is 24.5 Å². The van der Waals surface area contributed by atoms with Crippen molar-refractivity contribution in [2.45, 2.75) is 0 Å². The summed E-state index contributed by atoms with van der Waals surface area (Å²) in [6.07, 6.45) is 0.917. The molecule has 2 aromatic rings. The Labute approximate surface area is 130 Å². The highest BCUT2D eigenvalue weighted by Crippen LogP contribution is 2.23. The Morgan fingerprint density at radius 3 is 2.17 bits per heavy atom. The first kappa shape index (κ1) is 16.8. The van der Waals surface area contributed by atoms with E-state index < -0.39 is 38.9 Å². The van der Waals surface area contributed by atoms with Gasteiger partial charge in [0, 0.05) is 0 Å². The molecule has 23 heavy (non-hydrogen) atoms. The van der Waals surface area contributed by atoms with Gasteiger partial charge in [-0.3, -0.25) is 9.52 Å². The van der Waals surface area contributed by atoms with Crippen molar-refractivity contribution >= 4 is 27.3 Å². The molecule has 0 spiro atoms. The molecule has 0 heterocycles. The molecule has 0 atom stereocenters. The van der Waals surface area contributed by atoms with Crippen molar-refractivity contribution in [2.24, 2.45) is 0 Å². The summed E-state index contributed by atoms with van der Waals surface area (Å²) in [4.78, 5) is 12.0. The molecule has 9 heteroatoms. The number of carbonyl (C=O) groups is 1. The van der Waals surface area contributed by atoms with Crippen molar-refractivity contribution in [3.05, 3.63) is 59.4 Å². The fraction of sp³-hybridized carbons (Fsp3) is 0.0714. The van der Waals surface area contributed by atoms with Gasteiger partial charge >= 0.3 is 0 Å². The van der Waals surface area contributed by atoms with Crippen molar-refractivity contribution < 1.29 is 26.4 Å². The minimum Gasteiger partial charge on any atom is -0.320 e. The second-order valence-corrected chi connectivity index (χ2v) is 6.35.